The van der Waals surface area contributed by atoms with E-state index < -0.39 is 0 Å². The van der Waals surface area contributed by atoms with E-state index in [0.717, 1.165) is 40.6 Å². The molecule has 1 aliphatic rings. The van der Waals surface area contributed by atoms with Crippen molar-refractivity contribution >= 4 is 16.8 Å². The monoisotopic (exact) mass is 370 g/mol. The van der Waals surface area contributed by atoms with Crippen LogP contribution in [0.25, 0.3) is 22.0 Å². The highest BCUT2D eigenvalue weighted by atomic mass is 16.5. The summed E-state index contributed by atoms with van der Waals surface area (Å²) in [6.07, 6.45) is 5.54. The van der Waals surface area contributed by atoms with E-state index in [4.69, 9.17) is 4.74 Å². The molecule has 6 heteroatoms. The summed E-state index contributed by atoms with van der Waals surface area (Å²) in [7, 11) is 0. The van der Waals surface area contributed by atoms with Crippen LogP contribution in [0, 0.1) is 0 Å². The van der Waals surface area contributed by atoms with Gasteiger partial charge < -0.3 is 10.1 Å². The quantitative estimate of drug-likeness (QED) is 0.549. The van der Waals surface area contributed by atoms with Gasteiger partial charge in [0.25, 0.3) is 5.91 Å². The summed E-state index contributed by atoms with van der Waals surface area (Å²) in [6, 6.07) is 17.7. The Morgan fingerprint density at radius 2 is 1.86 bits per heavy atom. The van der Waals surface area contributed by atoms with Crippen molar-refractivity contribution in [2.75, 3.05) is 0 Å². The Bertz CT molecular complexity index is 1150. The molecule has 2 aromatic heterocycles. The van der Waals surface area contributed by atoms with E-state index in [1.807, 2.05) is 54.6 Å². The lowest BCUT2D eigenvalue weighted by Crippen LogP contribution is -2.25. The number of pyridine rings is 1. The van der Waals surface area contributed by atoms with Gasteiger partial charge in [-0.15, -0.1) is 0 Å². The fraction of sp³-hybridized carbons (Fsp3) is 0.136. The van der Waals surface area contributed by atoms with Gasteiger partial charge in [-0.3, -0.25) is 14.9 Å². The number of nitrogens with zero attached hydrogens (tertiary/aromatic N) is 2. The topological polar surface area (TPSA) is 79.9 Å². The number of hydrogen-bond donors (Lipinski definition) is 2. The number of para-hydroxylation sites is 1. The van der Waals surface area contributed by atoms with Crippen molar-refractivity contribution in [1.82, 2.24) is 20.5 Å². The van der Waals surface area contributed by atoms with Crippen LogP contribution in [0.2, 0.25) is 0 Å². The van der Waals surface area contributed by atoms with Crippen LogP contribution in [0.5, 0.6) is 11.5 Å². The number of nitrogens with one attached hydrogen (secondary N) is 2. The van der Waals surface area contributed by atoms with Crippen molar-refractivity contribution in [2.45, 2.75) is 18.9 Å². The lowest BCUT2D eigenvalue weighted by molar-refractivity contribution is 0.0947. The zero-order chi connectivity index (χ0) is 18.9. The van der Waals surface area contributed by atoms with E-state index in [2.05, 4.69) is 20.5 Å². The number of amides is 1. The Balaban J connectivity index is 1.47. The molecule has 0 atom stereocenters. The van der Waals surface area contributed by atoms with Crippen LogP contribution in [-0.4, -0.2) is 27.1 Å². The minimum absolute atomic E-state index is 0.134. The van der Waals surface area contributed by atoms with E-state index in [9.17, 15) is 4.79 Å². The molecule has 0 spiro atoms. The molecular formula is C22H18N4O2. The summed E-state index contributed by atoms with van der Waals surface area (Å²) < 4.78 is 5.88. The molecule has 1 fully saturated rings. The van der Waals surface area contributed by atoms with Crippen molar-refractivity contribution in [1.29, 1.82) is 0 Å². The van der Waals surface area contributed by atoms with E-state index >= 15 is 0 Å². The number of carbonyl (C=O) groups is 1. The molecule has 0 radical (unpaired) electrons. The first kappa shape index (κ1) is 16.5. The van der Waals surface area contributed by atoms with Crippen LogP contribution in [0.15, 0.2) is 67.0 Å². The van der Waals surface area contributed by atoms with Gasteiger partial charge in [-0.2, -0.15) is 5.10 Å². The Morgan fingerprint density at radius 3 is 2.68 bits per heavy atom. The van der Waals surface area contributed by atoms with Gasteiger partial charge in [0, 0.05) is 23.2 Å². The summed E-state index contributed by atoms with van der Waals surface area (Å²) in [6.45, 7) is 0. The van der Waals surface area contributed by atoms with E-state index in [1.165, 1.54) is 0 Å². The molecule has 0 bridgehead atoms. The second-order valence-corrected chi connectivity index (χ2v) is 6.90. The van der Waals surface area contributed by atoms with Crippen LogP contribution < -0.4 is 10.1 Å². The third kappa shape index (κ3) is 3.32. The third-order valence-electron chi connectivity index (χ3n) is 4.72. The first-order valence-corrected chi connectivity index (χ1v) is 9.23. The second kappa shape index (κ2) is 6.81. The Hall–Kier alpha value is -3.67. The van der Waals surface area contributed by atoms with Crippen molar-refractivity contribution in [3.05, 3.63) is 72.7 Å². The largest absolute Gasteiger partial charge is 0.456 e. The van der Waals surface area contributed by atoms with E-state index in [1.54, 1.807) is 12.4 Å². The summed E-state index contributed by atoms with van der Waals surface area (Å²) in [4.78, 5) is 16.8. The predicted octanol–water partition coefficient (Wildman–Crippen LogP) is 4.31. The molecule has 0 saturated heterocycles. The number of benzene rings is 2. The summed E-state index contributed by atoms with van der Waals surface area (Å²) >= 11 is 0. The molecule has 2 heterocycles. The normalized spacial score (nSPS) is 13.4. The highest BCUT2D eigenvalue weighted by Gasteiger charge is 2.25. The average Bonchev–Trinajstić information content (AvgIpc) is 3.44. The van der Waals surface area contributed by atoms with Gasteiger partial charge in [-0.05, 0) is 48.7 Å². The molecule has 6 nitrogen and oxygen atoms in total. The fourth-order valence-electron chi connectivity index (χ4n) is 3.11. The van der Waals surface area contributed by atoms with Gasteiger partial charge in [0.1, 0.15) is 11.5 Å². The number of aromatic amines is 1. The number of hydrogen-bond acceptors (Lipinski definition) is 4. The van der Waals surface area contributed by atoms with Gasteiger partial charge in [0.2, 0.25) is 0 Å². The maximum Gasteiger partial charge on any atom is 0.272 e. The SMILES string of the molecule is O=C(NC1CC1)c1n[nH]c2ccc(-c3cncc(Oc4ccccc4)c3)cc12. The first-order valence-electron chi connectivity index (χ1n) is 9.23. The number of carbonyl (C=O) groups excluding carboxylic acids is 1. The van der Waals surface area contributed by atoms with Crippen LogP contribution in [-0.2, 0) is 0 Å². The lowest BCUT2D eigenvalue weighted by atomic mass is 10.0. The molecule has 1 amide bonds. The minimum atomic E-state index is -0.134. The zero-order valence-electron chi connectivity index (χ0n) is 15.1. The van der Waals surface area contributed by atoms with E-state index in [0.29, 0.717) is 17.5 Å². The number of rotatable bonds is 5. The zero-order valence-corrected chi connectivity index (χ0v) is 15.1. The summed E-state index contributed by atoms with van der Waals surface area (Å²) in [5.74, 6) is 1.28. The van der Waals surface area contributed by atoms with Crippen LogP contribution in [0.4, 0.5) is 0 Å². The first-order chi connectivity index (χ1) is 13.8. The van der Waals surface area contributed by atoms with Crippen molar-refractivity contribution in [3.63, 3.8) is 0 Å². The molecule has 4 aromatic rings. The molecule has 2 aromatic carbocycles. The summed E-state index contributed by atoms with van der Waals surface area (Å²) in [5, 5.41) is 10.9. The lowest BCUT2D eigenvalue weighted by Gasteiger charge is -2.08. The van der Waals surface area contributed by atoms with E-state index in [-0.39, 0.29) is 5.91 Å². The van der Waals surface area contributed by atoms with Gasteiger partial charge in [-0.1, -0.05) is 24.3 Å². The maximum absolute atomic E-state index is 12.4. The molecule has 5 rings (SSSR count). The fourth-order valence-corrected chi connectivity index (χ4v) is 3.11. The molecule has 1 saturated carbocycles. The predicted molar refractivity (Wildman–Crippen MR) is 106 cm³/mol. The van der Waals surface area contributed by atoms with Gasteiger partial charge in [0.15, 0.2) is 5.69 Å². The standard InChI is InChI=1S/C22H18N4O2/c27-22(24-16-7-8-16)21-19-11-14(6-9-20(19)25-26-21)15-10-18(13-23-12-15)28-17-4-2-1-3-5-17/h1-6,9-13,16H,7-8H2,(H,24,27)(H,25,26). The third-order valence-corrected chi connectivity index (χ3v) is 4.72. The second-order valence-electron chi connectivity index (χ2n) is 6.90. The molecule has 0 aliphatic heterocycles. The number of aromatic nitrogens is 3. The molecule has 0 unspecified atom stereocenters. The van der Waals surface area contributed by atoms with Crippen LogP contribution in [0.3, 0.4) is 0 Å². The molecular weight excluding hydrogens is 352 g/mol. The molecule has 138 valence electrons. The summed E-state index contributed by atoms with van der Waals surface area (Å²) in [5.41, 5.74) is 3.10. The van der Waals surface area contributed by atoms with Gasteiger partial charge in [0.05, 0.1) is 11.7 Å². The van der Waals surface area contributed by atoms with Crippen molar-refractivity contribution in [2.24, 2.45) is 0 Å². The highest BCUT2D eigenvalue weighted by Crippen LogP contribution is 2.29. The van der Waals surface area contributed by atoms with Crippen molar-refractivity contribution < 1.29 is 9.53 Å². The minimum Gasteiger partial charge on any atom is -0.456 e. The average molecular weight is 370 g/mol. The Labute approximate surface area is 161 Å². The van der Waals surface area contributed by atoms with Gasteiger partial charge in [-0.25, -0.2) is 0 Å². The van der Waals surface area contributed by atoms with Crippen LogP contribution >= 0.6 is 0 Å². The molecule has 28 heavy (non-hydrogen) atoms. The molecule has 2 N–H and O–H groups in total. The number of fused-ring (bicyclic) bond motifs is 1. The van der Waals surface area contributed by atoms with Crippen molar-refractivity contribution in [3.8, 4) is 22.6 Å². The maximum atomic E-state index is 12.4. The number of H-pyrrole nitrogens is 1. The smallest absolute Gasteiger partial charge is 0.272 e. The Kier molecular flexibility index (Phi) is 4.01. The Morgan fingerprint density at radius 1 is 1.00 bits per heavy atom. The van der Waals surface area contributed by atoms with Gasteiger partial charge >= 0.3 is 0 Å². The molecule has 1 aliphatic carbocycles. The highest BCUT2D eigenvalue weighted by molar-refractivity contribution is 6.05. The number of ether oxygens (including phenoxy) is 1. The van der Waals surface area contributed by atoms with Crippen LogP contribution in [0.1, 0.15) is 23.3 Å².